The molecule has 1 aliphatic carbocycles. The molecule has 0 saturated carbocycles. The number of hydrogen-bond acceptors (Lipinski definition) is 2. The number of aliphatic hydroxyl groups excluding tert-OH is 1. The minimum Gasteiger partial charge on any atom is -0.489 e. The van der Waals surface area contributed by atoms with Crippen LogP contribution in [0.15, 0.2) is 30.4 Å². The van der Waals surface area contributed by atoms with Crippen LogP contribution in [-0.4, -0.2) is 11.7 Å². The normalized spacial score (nSPS) is 18.6. The van der Waals surface area contributed by atoms with Gasteiger partial charge in [-0.25, -0.2) is 0 Å². The van der Waals surface area contributed by atoms with Crippen molar-refractivity contribution in [3.63, 3.8) is 0 Å². The van der Waals surface area contributed by atoms with Crippen LogP contribution in [0.3, 0.4) is 0 Å². The van der Waals surface area contributed by atoms with Gasteiger partial charge in [-0.1, -0.05) is 19.6 Å². The second kappa shape index (κ2) is 5.37. The van der Waals surface area contributed by atoms with Crippen LogP contribution in [-0.2, 0) is 6.42 Å². The summed E-state index contributed by atoms with van der Waals surface area (Å²) in [4.78, 5) is 0. The summed E-state index contributed by atoms with van der Waals surface area (Å²) in [6, 6.07) is 6.03. The monoisotopic (exact) mass is 232 g/mol. The van der Waals surface area contributed by atoms with Crippen LogP contribution in [0.2, 0.25) is 0 Å². The minimum atomic E-state index is -0.323. The van der Waals surface area contributed by atoms with Crippen LogP contribution in [0.25, 0.3) is 0 Å². The zero-order chi connectivity index (χ0) is 12.3. The molecular weight excluding hydrogens is 212 g/mol. The first kappa shape index (κ1) is 12.2. The SMILES string of the molecule is C=C(CC)COc1ccc2c(c1)[C@H](O)CCC2. The summed E-state index contributed by atoms with van der Waals surface area (Å²) in [6.45, 7) is 6.55. The van der Waals surface area contributed by atoms with E-state index in [1.165, 1.54) is 5.56 Å². The van der Waals surface area contributed by atoms with Crippen molar-refractivity contribution in [1.82, 2.24) is 0 Å². The van der Waals surface area contributed by atoms with Crippen molar-refractivity contribution in [2.75, 3.05) is 6.61 Å². The van der Waals surface area contributed by atoms with Gasteiger partial charge in [0.1, 0.15) is 12.4 Å². The van der Waals surface area contributed by atoms with Gasteiger partial charge in [-0.2, -0.15) is 0 Å². The molecule has 0 spiro atoms. The zero-order valence-electron chi connectivity index (χ0n) is 10.4. The number of rotatable bonds is 4. The molecule has 0 radical (unpaired) electrons. The van der Waals surface area contributed by atoms with E-state index in [1.54, 1.807) is 0 Å². The molecular formula is C15H20O2. The Bertz CT molecular complexity index is 409. The van der Waals surface area contributed by atoms with Crippen LogP contribution in [0.5, 0.6) is 5.75 Å². The Kier molecular flexibility index (Phi) is 3.85. The molecule has 0 aliphatic heterocycles. The van der Waals surface area contributed by atoms with Gasteiger partial charge < -0.3 is 9.84 Å². The smallest absolute Gasteiger partial charge is 0.120 e. The largest absolute Gasteiger partial charge is 0.489 e. The van der Waals surface area contributed by atoms with Gasteiger partial charge >= 0.3 is 0 Å². The summed E-state index contributed by atoms with van der Waals surface area (Å²) in [5.74, 6) is 0.833. The van der Waals surface area contributed by atoms with Gasteiger partial charge in [0.05, 0.1) is 6.10 Å². The van der Waals surface area contributed by atoms with Gasteiger partial charge in [-0.3, -0.25) is 0 Å². The van der Waals surface area contributed by atoms with E-state index in [0.29, 0.717) is 6.61 Å². The lowest BCUT2D eigenvalue weighted by atomic mass is 9.89. The highest BCUT2D eigenvalue weighted by molar-refractivity contribution is 5.38. The Balaban J connectivity index is 2.10. The zero-order valence-corrected chi connectivity index (χ0v) is 10.4. The Morgan fingerprint density at radius 2 is 2.35 bits per heavy atom. The summed E-state index contributed by atoms with van der Waals surface area (Å²) in [5.41, 5.74) is 3.38. The fourth-order valence-corrected chi connectivity index (χ4v) is 2.13. The Morgan fingerprint density at radius 1 is 1.53 bits per heavy atom. The first-order valence-corrected chi connectivity index (χ1v) is 6.31. The van der Waals surface area contributed by atoms with E-state index in [0.717, 1.165) is 42.6 Å². The van der Waals surface area contributed by atoms with Crippen LogP contribution < -0.4 is 4.74 Å². The van der Waals surface area contributed by atoms with Crippen LogP contribution in [0, 0.1) is 0 Å². The highest BCUT2D eigenvalue weighted by Crippen LogP contribution is 2.32. The predicted molar refractivity (Wildman–Crippen MR) is 69.3 cm³/mol. The quantitative estimate of drug-likeness (QED) is 0.806. The highest BCUT2D eigenvalue weighted by atomic mass is 16.5. The summed E-state index contributed by atoms with van der Waals surface area (Å²) in [7, 11) is 0. The van der Waals surface area contributed by atoms with Crippen LogP contribution >= 0.6 is 0 Å². The lowest BCUT2D eigenvalue weighted by Gasteiger charge is -2.22. The minimum absolute atomic E-state index is 0.323. The number of benzene rings is 1. The van der Waals surface area contributed by atoms with Crippen molar-refractivity contribution in [3.05, 3.63) is 41.5 Å². The molecule has 0 heterocycles. The second-order valence-corrected chi connectivity index (χ2v) is 4.66. The fourth-order valence-electron chi connectivity index (χ4n) is 2.13. The van der Waals surface area contributed by atoms with E-state index in [-0.39, 0.29) is 6.10 Å². The number of aliphatic hydroxyl groups is 1. The molecule has 92 valence electrons. The molecule has 1 N–H and O–H groups in total. The molecule has 0 saturated heterocycles. The molecule has 0 aromatic heterocycles. The predicted octanol–water partition coefficient (Wildman–Crippen LogP) is 3.40. The third kappa shape index (κ3) is 2.89. The molecule has 1 aliphatic rings. The molecule has 0 amide bonds. The average Bonchev–Trinajstić information content (AvgIpc) is 2.36. The summed E-state index contributed by atoms with van der Waals surface area (Å²) < 4.78 is 5.66. The first-order valence-electron chi connectivity index (χ1n) is 6.31. The molecule has 0 unspecified atom stereocenters. The van der Waals surface area contributed by atoms with Crippen molar-refractivity contribution < 1.29 is 9.84 Å². The maximum atomic E-state index is 9.94. The molecule has 2 nitrogen and oxygen atoms in total. The molecule has 1 atom stereocenters. The highest BCUT2D eigenvalue weighted by Gasteiger charge is 2.18. The van der Waals surface area contributed by atoms with E-state index in [2.05, 4.69) is 19.6 Å². The third-order valence-corrected chi connectivity index (χ3v) is 3.34. The third-order valence-electron chi connectivity index (χ3n) is 3.34. The molecule has 0 bridgehead atoms. The van der Waals surface area contributed by atoms with E-state index >= 15 is 0 Å². The molecule has 2 rings (SSSR count). The summed E-state index contributed by atoms with van der Waals surface area (Å²) in [6.07, 6.45) is 3.61. The Labute approximate surface area is 103 Å². The summed E-state index contributed by atoms with van der Waals surface area (Å²) in [5, 5.41) is 9.94. The van der Waals surface area contributed by atoms with Crippen molar-refractivity contribution in [2.45, 2.75) is 38.7 Å². The van der Waals surface area contributed by atoms with Gasteiger partial charge in [0.15, 0.2) is 0 Å². The second-order valence-electron chi connectivity index (χ2n) is 4.66. The fraction of sp³-hybridized carbons (Fsp3) is 0.467. The Morgan fingerprint density at radius 3 is 3.12 bits per heavy atom. The molecule has 0 fully saturated rings. The lowest BCUT2D eigenvalue weighted by Crippen LogP contribution is -2.09. The van der Waals surface area contributed by atoms with Gasteiger partial charge in [-0.15, -0.1) is 0 Å². The average molecular weight is 232 g/mol. The topological polar surface area (TPSA) is 29.5 Å². The van der Waals surface area contributed by atoms with Crippen molar-refractivity contribution in [3.8, 4) is 5.75 Å². The molecule has 1 aromatic carbocycles. The molecule has 17 heavy (non-hydrogen) atoms. The summed E-state index contributed by atoms with van der Waals surface area (Å²) >= 11 is 0. The number of aryl methyl sites for hydroxylation is 1. The van der Waals surface area contributed by atoms with Crippen molar-refractivity contribution >= 4 is 0 Å². The van der Waals surface area contributed by atoms with Crippen LogP contribution in [0.4, 0.5) is 0 Å². The van der Waals surface area contributed by atoms with Crippen molar-refractivity contribution in [2.24, 2.45) is 0 Å². The van der Waals surface area contributed by atoms with Crippen molar-refractivity contribution in [1.29, 1.82) is 0 Å². The standard InChI is InChI=1S/C15H20O2/c1-3-11(2)10-17-13-8-7-12-5-4-6-15(16)14(12)9-13/h7-9,15-16H,2-6,10H2,1H3/t15-/m1/s1. The molecule has 1 aromatic rings. The lowest BCUT2D eigenvalue weighted by molar-refractivity contribution is 0.156. The van der Waals surface area contributed by atoms with E-state index < -0.39 is 0 Å². The van der Waals surface area contributed by atoms with E-state index in [1.807, 2.05) is 12.1 Å². The van der Waals surface area contributed by atoms with Gasteiger partial charge in [0.25, 0.3) is 0 Å². The Hall–Kier alpha value is -1.28. The van der Waals surface area contributed by atoms with E-state index in [9.17, 15) is 5.11 Å². The number of hydrogen-bond donors (Lipinski definition) is 1. The van der Waals surface area contributed by atoms with Crippen LogP contribution in [0.1, 0.15) is 43.4 Å². The number of ether oxygens (including phenoxy) is 1. The number of fused-ring (bicyclic) bond motifs is 1. The van der Waals surface area contributed by atoms with Gasteiger partial charge in [0, 0.05) is 0 Å². The first-order chi connectivity index (χ1) is 8.20. The molecule has 2 heteroatoms. The van der Waals surface area contributed by atoms with Gasteiger partial charge in [-0.05, 0) is 54.5 Å². The maximum Gasteiger partial charge on any atom is 0.120 e. The van der Waals surface area contributed by atoms with E-state index in [4.69, 9.17) is 4.74 Å². The van der Waals surface area contributed by atoms with Gasteiger partial charge in [0.2, 0.25) is 0 Å². The maximum absolute atomic E-state index is 9.94.